The van der Waals surface area contributed by atoms with Crippen molar-refractivity contribution in [2.75, 3.05) is 6.54 Å². The molecule has 0 aliphatic rings. The van der Waals surface area contributed by atoms with Gasteiger partial charge in [0.25, 0.3) is 0 Å². The standard InChI is InChI=1S/C13H14BrClN2S/c1-3-16-8(2)12-7-18-13(17-12)10-6-9(15)4-5-11(10)14/h4-8,16H,3H2,1-2H3. The van der Waals surface area contributed by atoms with Gasteiger partial charge in [-0.2, -0.15) is 0 Å². The normalized spacial score (nSPS) is 12.7. The van der Waals surface area contributed by atoms with Crippen molar-refractivity contribution in [3.05, 3.63) is 38.8 Å². The van der Waals surface area contributed by atoms with Gasteiger partial charge >= 0.3 is 0 Å². The highest BCUT2D eigenvalue weighted by atomic mass is 79.9. The second-order valence-corrected chi connectivity index (χ2v) is 6.13. The number of benzene rings is 1. The second kappa shape index (κ2) is 6.15. The molecule has 0 bridgehead atoms. The lowest BCUT2D eigenvalue weighted by Crippen LogP contribution is -2.17. The second-order valence-electron chi connectivity index (χ2n) is 3.98. The summed E-state index contributed by atoms with van der Waals surface area (Å²) in [5.41, 5.74) is 2.12. The molecule has 2 nitrogen and oxygen atoms in total. The lowest BCUT2D eigenvalue weighted by Gasteiger charge is -2.08. The van der Waals surface area contributed by atoms with Crippen LogP contribution in [-0.4, -0.2) is 11.5 Å². The minimum Gasteiger partial charge on any atom is -0.309 e. The van der Waals surface area contributed by atoms with E-state index in [2.05, 4.69) is 45.5 Å². The largest absolute Gasteiger partial charge is 0.309 e. The Bertz CT molecular complexity index is 542. The van der Waals surface area contributed by atoms with Crippen molar-refractivity contribution in [2.45, 2.75) is 19.9 Å². The maximum atomic E-state index is 6.03. The Kier molecular flexibility index (Phi) is 4.78. The number of nitrogens with zero attached hydrogens (tertiary/aromatic N) is 1. The average molecular weight is 346 g/mol. The van der Waals surface area contributed by atoms with E-state index < -0.39 is 0 Å². The fraction of sp³-hybridized carbons (Fsp3) is 0.308. The first kappa shape index (κ1) is 14.0. The summed E-state index contributed by atoms with van der Waals surface area (Å²) in [7, 11) is 0. The zero-order valence-corrected chi connectivity index (χ0v) is 13.4. The molecule has 1 atom stereocenters. The van der Waals surface area contributed by atoms with E-state index in [4.69, 9.17) is 11.6 Å². The molecule has 1 aromatic heterocycles. The number of hydrogen-bond donors (Lipinski definition) is 1. The summed E-state index contributed by atoms with van der Waals surface area (Å²) < 4.78 is 1.02. The summed E-state index contributed by atoms with van der Waals surface area (Å²) in [5.74, 6) is 0. The van der Waals surface area contributed by atoms with Crippen molar-refractivity contribution >= 4 is 38.9 Å². The summed E-state index contributed by atoms with van der Waals surface area (Å²) in [6.07, 6.45) is 0. The SMILES string of the molecule is CCNC(C)c1csc(-c2cc(Cl)ccc2Br)n1. The van der Waals surface area contributed by atoms with Crippen LogP contribution in [0.5, 0.6) is 0 Å². The first-order valence-electron chi connectivity index (χ1n) is 5.76. The molecule has 18 heavy (non-hydrogen) atoms. The van der Waals surface area contributed by atoms with Crippen LogP contribution in [0.3, 0.4) is 0 Å². The molecule has 0 radical (unpaired) electrons. The number of hydrogen-bond acceptors (Lipinski definition) is 3. The van der Waals surface area contributed by atoms with Crippen LogP contribution in [0, 0.1) is 0 Å². The zero-order chi connectivity index (χ0) is 13.1. The topological polar surface area (TPSA) is 24.9 Å². The molecule has 0 saturated heterocycles. The lowest BCUT2D eigenvalue weighted by atomic mass is 10.2. The van der Waals surface area contributed by atoms with Gasteiger partial charge in [-0.25, -0.2) is 4.98 Å². The molecule has 0 fully saturated rings. The van der Waals surface area contributed by atoms with Gasteiger partial charge in [-0.3, -0.25) is 0 Å². The molecule has 2 rings (SSSR count). The van der Waals surface area contributed by atoms with Crippen LogP contribution in [0.15, 0.2) is 28.1 Å². The fourth-order valence-electron chi connectivity index (χ4n) is 1.68. The fourth-order valence-corrected chi connectivity index (χ4v) is 3.36. The molecule has 0 amide bonds. The van der Waals surface area contributed by atoms with Crippen LogP contribution < -0.4 is 5.32 Å². The number of nitrogens with one attached hydrogen (secondary N) is 1. The van der Waals surface area contributed by atoms with Crippen molar-refractivity contribution in [1.82, 2.24) is 10.3 Å². The molecule has 0 aliphatic heterocycles. The zero-order valence-electron chi connectivity index (χ0n) is 10.2. The molecule has 0 aliphatic carbocycles. The van der Waals surface area contributed by atoms with E-state index in [1.165, 1.54) is 0 Å². The van der Waals surface area contributed by atoms with Gasteiger partial charge in [-0.15, -0.1) is 11.3 Å². The molecule has 0 spiro atoms. The van der Waals surface area contributed by atoms with E-state index in [1.807, 2.05) is 18.2 Å². The van der Waals surface area contributed by atoms with E-state index in [-0.39, 0.29) is 6.04 Å². The maximum Gasteiger partial charge on any atom is 0.124 e. The third-order valence-electron chi connectivity index (χ3n) is 2.63. The average Bonchev–Trinajstić information content (AvgIpc) is 2.82. The van der Waals surface area contributed by atoms with E-state index >= 15 is 0 Å². The lowest BCUT2D eigenvalue weighted by molar-refractivity contribution is 0.587. The van der Waals surface area contributed by atoms with E-state index in [1.54, 1.807) is 11.3 Å². The molecule has 1 aromatic carbocycles. The van der Waals surface area contributed by atoms with Gasteiger partial charge in [-0.05, 0) is 31.7 Å². The van der Waals surface area contributed by atoms with Crippen LogP contribution in [0.2, 0.25) is 5.02 Å². The predicted octanol–water partition coefficient (Wildman–Crippen LogP) is 4.90. The minimum atomic E-state index is 0.276. The number of halogens is 2. The third kappa shape index (κ3) is 3.12. The van der Waals surface area contributed by atoms with Crippen LogP contribution in [-0.2, 0) is 0 Å². The van der Waals surface area contributed by atoms with E-state index in [0.29, 0.717) is 0 Å². The molecule has 1 unspecified atom stereocenters. The molecule has 1 heterocycles. The third-order valence-corrected chi connectivity index (χ3v) is 4.46. The first-order chi connectivity index (χ1) is 8.61. The number of thiazole rings is 1. The highest BCUT2D eigenvalue weighted by Gasteiger charge is 2.12. The van der Waals surface area contributed by atoms with Crippen molar-refractivity contribution in [3.8, 4) is 10.6 Å². The quantitative estimate of drug-likeness (QED) is 0.852. The van der Waals surface area contributed by atoms with Gasteiger partial charge in [0, 0.05) is 26.5 Å². The summed E-state index contributed by atoms with van der Waals surface area (Å²) >= 11 is 11.2. The molecule has 0 saturated carbocycles. The molecule has 96 valence electrons. The van der Waals surface area contributed by atoms with Crippen LogP contribution in [0.1, 0.15) is 25.6 Å². The van der Waals surface area contributed by atoms with E-state index in [9.17, 15) is 0 Å². The summed E-state index contributed by atoms with van der Waals surface area (Å²) in [4.78, 5) is 4.67. The highest BCUT2D eigenvalue weighted by Crippen LogP contribution is 2.33. The first-order valence-corrected chi connectivity index (χ1v) is 7.81. The number of rotatable bonds is 4. The van der Waals surface area contributed by atoms with Gasteiger partial charge in [0.2, 0.25) is 0 Å². The summed E-state index contributed by atoms with van der Waals surface area (Å²) in [6, 6.07) is 6.03. The van der Waals surface area contributed by atoms with Crippen molar-refractivity contribution in [2.24, 2.45) is 0 Å². The van der Waals surface area contributed by atoms with Gasteiger partial charge in [0.1, 0.15) is 5.01 Å². The monoisotopic (exact) mass is 344 g/mol. The predicted molar refractivity (Wildman–Crippen MR) is 82.4 cm³/mol. The summed E-state index contributed by atoms with van der Waals surface area (Å²) in [6.45, 7) is 5.15. The molecule has 5 heteroatoms. The molecule has 2 aromatic rings. The highest BCUT2D eigenvalue weighted by molar-refractivity contribution is 9.10. The van der Waals surface area contributed by atoms with Gasteiger partial charge in [-0.1, -0.05) is 34.5 Å². The Labute approximate surface area is 125 Å². The Morgan fingerprint density at radius 1 is 1.50 bits per heavy atom. The Hall–Kier alpha value is -0.420. The van der Waals surface area contributed by atoms with Crippen molar-refractivity contribution in [1.29, 1.82) is 0 Å². The maximum absolute atomic E-state index is 6.03. The minimum absolute atomic E-state index is 0.276. The van der Waals surface area contributed by atoms with Crippen LogP contribution in [0.25, 0.3) is 10.6 Å². The van der Waals surface area contributed by atoms with Gasteiger partial charge in [0.05, 0.1) is 5.69 Å². The Morgan fingerprint density at radius 2 is 2.28 bits per heavy atom. The van der Waals surface area contributed by atoms with Gasteiger partial charge < -0.3 is 5.32 Å². The van der Waals surface area contributed by atoms with Crippen molar-refractivity contribution < 1.29 is 0 Å². The Balaban J connectivity index is 2.32. The van der Waals surface area contributed by atoms with E-state index in [0.717, 1.165) is 32.3 Å². The van der Waals surface area contributed by atoms with Gasteiger partial charge in [0.15, 0.2) is 0 Å². The van der Waals surface area contributed by atoms with Crippen LogP contribution >= 0.6 is 38.9 Å². The molecular weight excluding hydrogens is 332 g/mol. The molecule has 1 N–H and O–H groups in total. The summed E-state index contributed by atoms with van der Waals surface area (Å²) in [5, 5.41) is 7.17. The smallest absolute Gasteiger partial charge is 0.124 e. The Morgan fingerprint density at radius 3 is 3.00 bits per heavy atom. The van der Waals surface area contributed by atoms with Crippen molar-refractivity contribution in [3.63, 3.8) is 0 Å². The van der Waals surface area contributed by atoms with Crippen LogP contribution in [0.4, 0.5) is 0 Å². The number of aromatic nitrogens is 1. The molecular formula is C13H14BrClN2S.